The molecule has 2 N–H and O–H groups in total. The fourth-order valence-corrected chi connectivity index (χ4v) is 4.41. The van der Waals surface area contributed by atoms with Gasteiger partial charge in [-0.05, 0) is 41.7 Å². The van der Waals surface area contributed by atoms with Crippen LogP contribution in [0.25, 0.3) is 0 Å². The first-order valence-corrected chi connectivity index (χ1v) is 9.53. The van der Waals surface area contributed by atoms with Gasteiger partial charge in [-0.15, -0.1) is 0 Å². The first-order valence-electron chi connectivity index (χ1n) is 9.53. The number of hydrogen-bond donors (Lipinski definition) is 1. The van der Waals surface area contributed by atoms with E-state index in [0.717, 1.165) is 19.0 Å². The van der Waals surface area contributed by atoms with Crippen molar-refractivity contribution in [2.75, 3.05) is 13.1 Å². The van der Waals surface area contributed by atoms with Gasteiger partial charge in [0.1, 0.15) is 0 Å². The highest BCUT2D eigenvalue weighted by atomic mass is 15.2. The molecule has 1 aliphatic carbocycles. The van der Waals surface area contributed by atoms with Gasteiger partial charge in [-0.3, -0.25) is 4.90 Å². The number of hydrogen-bond acceptors (Lipinski definition) is 2. The molecule has 1 aromatic rings. The number of rotatable bonds is 2. The van der Waals surface area contributed by atoms with Crippen molar-refractivity contribution >= 4 is 0 Å². The third kappa shape index (κ3) is 4.16. The SMILES string of the molecule is CC(C)(C)c1ccc(C2CC(N)CN(C3CCCCC3)C2)cc1. The molecule has 2 fully saturated rings. The molecule has 2 heteroatoms. The number of piperidine rings is 1. The highest BCUT2D eigenvalue weighted by molar-refractivity contribution is 5.30. The van der Waals surface area contributed by atoms with Crippen molar-refractivity contribution in [1.82, 2.24) is 4.90 Å². The van der Waals surface area contributed by atoms with Crippen molar-refractivity contribution < 1.29 is 0 Å². The van der Waals surface area contributed by atoms with Gasteiger partial charge in [0, 0.05) is 25.2 Å². The molecule has 2 aliphatic rings. The van der Waals surface area contributed by atoms with Crippen LogP contribution in [0.1, 0.15) is 76.3 Å². The third-order valence-corrected chi connectivity index (χ3v) is 5.85. The van der Waals surface area contributed by atoms with Gasteiger partial charge in [-0.1, -0.05) is 64.3 Å². The summed E-state index contributed by atoms with van der Waals surface area (Å²) in [5.41, 5.74) is 9.55. The summed E-state index contributed by atoms with van der Waals surface area (Å²) in [4.78, 5) is 2.70. The average Bonchev–Trinajstić information content (AvgIpc) is 2.54. The maximum absolute atomic E-state index is 6.42. The molecule has 1 saturated carbocycles. The molecule has 3 rings (SSSR count). The van der Waals surface area contributed by atoms with Crippen LogP contribution in [0, 0.1) is 0 Å². The largest absolute Gasteiger partial charge is 0.327 e. The van der Waals surface area contributed by atoms with Crippen LogP contribution in [0.15, 0.2) is 24.3 Å². The normalized spacial score (nSPS) is 28.0. The van der Waals surface area contributed by atoms with E-state index in [1.807, 2.05) is 0 Å². The summed E-state index contributed by atoms with van der Waals surface area (Å²) in [6.07, 6.45) is 8.12. The predicted molar refractivity (Wildman–Crippen MR) is 98.9 cm³/mol. The van der Waals surface area contributed by atoms with E-state index in [1.54, 1.807) is 0 Å². The molecule has 1 aliphatic heterocycles. The van der Waals surface area contributed by atoms with Crippen LogP contribution in [0.2, 0.25) is 0 Å². The second-order valence-electron chi connectivity index (χ2n) is 8.81. The average molecular weight is 315 g/mol. The monoisotopic (exact) mass is 314 g/mol. The van der Waals surface area contributed by atoms with Crippen molar-refractivity contribution in [3.8, 4) is 0 Å². The Hall–Kier alpha value is -0.860. The van der Waals surface area contributed by atoms with E-state index >= 15 is 0 Å². The molecule has 0 spiro atoms. The van der Waals surface area contributed by atoms with Crippen LogP contribution >= 0.6 is 0 Å². The standard InChI is InChI=1S/C21H34N2/c1-21(2,3)18-11-9-16(10-12-18)17-13-19(22)15-23(14-17)20-7-5-4-6-8-20/h9-12,17,19-20H,4-8,13-15,22H2,1-3H3. The molecule has 0 radical (unpaired) electrons. The highest BCUT2D eigenvalue weighted by Gasteiger charge is 2.31. The Labute approximate surface area is 142 Å². The van der Waals surface area contributed by atoms with Gasteiger partial charge in [0.05, 0.1) is 0 Å². The third-order valence-electron chi connectivity index (χ3n) is 5.85. The van der Waals surface area contributed by atoms with E-state index in [4.69, 9.17) is 5.73 Å². The molecule has 2 nitrogen and oxygen atoms in total. The summed E-state index contributed by atoms with van der Waals surface area (Å²) in [7, 11) is 0. The van der Waals surface area contributed by atoms with E-state index in [-0.39, 0.29) is 5.41 Å². The quantitative estimate of drug-likeness (QED) is 0.875. The molecule has 2 atom stereocenters. The molecule has 23 heavy (non-hydrogen) atoms. The lowest BCUT2D eigenvalue weighted by atomic mass is 9.82. The first kappa shape index (κ1) is 17.0. The Bertz CT molecular complexity index is 494. The Morgan fingerprint density at radius 2 is 1.61 bits per heavy atom. The zero-order valence-electron chi connectivity index (χ0n) is 15.2. The topological polar surface area (TPSA) is 29.3 Å². The second kappa shape index (κ2) is 6.94. The van der Waals surface area contributed by atoms with Gasteiger partial charge in [0.2, 0.25) is 0 Å². The molecule has 128 valence electrons. The maximum Gasteiger partial charge on any atom is 0.0174 e. The summed E-state index contributed by atoms with van der Waals surface area (Å²) >= 11 is 0. The van der Waals surface area contributed by atoms with Crippen molar-refractivity contribution in [3.63, 3.8) is 0 Å². The summed E-state index contributed by atoms with van der Waals surface area (Å²) in [5.74, 6) is 0.606. The van der Waals surface area contributed by atoms with Gasteiger partial charge < -0.3 is 5.73 Å². The molecule has 1 heterocycles. The van der Waals surface area contributed by atoms with E-state index in [0.29, 0.717) is 12.0 Å². The number of benzene rings is 1. The smallest absolute Gasteiger partial charge is 0.0174 e. The molecule has 0 bridgehead atoms. The lowest BCUT2D eigenvalue weighted by Crippen LogP contribution is -2.50. The minimum absolute atomic E-state index is 0.232. The maximum atomic E-state index is 6.42. The Kier molecular flexibility index (Phi) is 5.13. The van der Waals surface area contributed by atoms with E-state index < -0.39 is 0 Å². The number of nitrogens with zero attached hydrogens (tertiary/aromatic N) is 1. The molecule has 1 aromatic carbocycles. The summed E-state index contributed by atoms with van der Waals surface area (Å²) in [6.45, 7) is 9.14. The van der Waals surface area contributed by atoms with E-state index in [1.165, 1.54) is 49.8 Å². The van der Waals surface area contributed by atoms with Crippen LogP contribution in [0.3, 0.4) is 0 Å². The number of nitrogens with two attached hydrogens (primary N) is 1. The molecular weight excluding hydrogens is 280 g/mol. The van der Waals surface area contributed by atoms with Crippen LogP contribution in [-0.4, -0.2) is 30.1 Å². The van der Waals surface area contributed by atoms with Crippen molar-refractivity contribution in [2.45, 2.75) is 82.7 Å². The van der Waals surface area contributed by atoms with Crippen LogP contribution in [-0.2, 0) is 5.41 Å². The minimum Gasteiger partial charge on any atom is -0.327 e. The lowest BCUT2D eigenvalue weighted by molar-refractivity contribution is 0.107. The van der Waals surface area contributed by atoms with Crippen molar-refractivity contribution in [2.24, 2.45) is 5.73 Å². The molecule has 1 saturated heterocycles. The van der Waals surface area contributed by atoms with Gasteiger partial charge in [0.25, 0.3) is 0 Å². The molecule has 0 aromatic heterocycles. The van der Waals surface area contributed by atoms with Crippen LogP contribution < -0.4 is 5.73 Å². The zero-order chi connectivity index (χ0) is 16.4. The zero-order valence-corrected chi connectivity index (χ0v) is 15.2. The van der Waals surface area contributed by atoms with Crippen molar-refractivity contribution in [3.05, 3.63) is 35.4 Å². The Balaban J connectivity index is 1.71. The summed E-state index contributed by atoms with van der Waals surface area (Å²) < 4.78 is 0. The van der Waals surface area contributed by atoms with Gasteiger partial charge in [0.15, 0.2) is 0 Å². The van der Waals surface area contributed by atoms with Crippen LogP contribution in [0.5, 0.6) is 0 Å². The lowest BCUT2D eigenvalue weighted by Gasteiger charge is -2.42. The van der Waals surface area contributed by atoms with Gasteiger partial charge in [-0.25, -0.2) is 0 Å². The van der Waals surface area contributed by atoms with Crippen LogP contribution in [0.4, 0.5) is 0 Å². The Morgan fingerprint density at radius 1 is 0.957 bits per heavy atom. The second-order valence-corrected chi connectivity index (χ2v) is 8.81. The first-order chi connectivity index (χ1) is 10.9. The fourth-order valence-electron chi connectivity index (χ4n) is 4.41. The minimum atomic E-state index is 0.232. The van der Waals surface area contributed by atoms with E-state index in [9.17, 15) is 0 Å². The molecular formula is C21H34N2. The summed E-state index contributed by atoms with van der Waals surface area (Å²) in [5, 5.41) is 0. The molecule has 2 unspecified atom stereocenters. The van der Waals surface area contributed by atoms with E-state index in [2.05, 4.69) is 49.9 Å². The number of likely N-dealkylation sites (tertiary alicyclic amines) is 1. The van der Waals surface area contributed by atoms with Crippen molar-refractivity contribution in [1.29, 1.82) is 0 Å². The molecule has 0 amide bonds. The Morgan fingerprint density at radius 3 is 2.22 bits per heavy atom. The summed E-state index contributed by atoms with van der Waals surface area (Å²) in [6, 6.07) is 10.5. The van der Waals surface area contributed by atoms with Gasteiger partial charge in [-0.2, -0.15) is 0 Å². The highest BCUT2D eigenvalue weighted by Crippen LogP contribution is 2.32. The predicted octanol–water partition coefficient (Wildman–Crippen LogP) is 4.43. The van der Waals surface area contributed by atoms with Gasteiger partial charge >= 0.3 is 0 Å². The fraction of sp³-hybridized carbons (Fsp3) is 0.714.